The minimum atomic E-state index is -2.62. The van der Waals surface area contributed by atoms with E-state index in [9.17, 15) is 9.79 Å². The van der Waals surface area contributed by atoms with E-state index < -0.39 is 8.60 Å². The molecule has 0 saturated heterocycles. The Hall–Kier alpha value is -3.49. The molecular formula is C33H35O3P. The first-order valence-electron chi connectivity index (χ1n) is 12.3. The Morgan fingerprint density at radius 3 is 1.49 bits per heavy atom. The fourth-order valence-electron chi connectivity index (χ4n) is 4.71. The van der Waals surface area contributed by atoms with Gasteiger partial charge in [0.05, 0.1) is 0 Å². The summed E-state index contributed by atoms with van der Waals surface area (Å²) in [5.41, 5.74) is 9.40. The van der Waals surface area contributed by atoms with Crippen LogP contribution in [0.3, 0.4) is 0 Å². The van der Waals surface area contributed by atoms with Crippen molar-refractivity contribution < 1.29 is 14.3 Å². The second-order valence-corrected chi connectivity index (χ2v) is 9.45. The summed E-state index contributed by atoms with van der Waals surface area (Å²) in [5, 5.41) is 0. The van der Waals surface area contributed by atoms with E-state index in [1.807, 2.05) is 42.5 Å². The molecular weight excluding hydrogens is 475 g/mol. The summed E-state index contributed by atoms with van der Waals surface area (Å²) in [7, 11) is -2.62. The van der Waals surface area contributed by atoms with Gasteiger partial charge in [0.1, 0.15) is 5.75 Å². The molecule has 0 atom stereocenters. The van der Waals surface area contributed by atoms with Crippen molar-refractivity contribution in [1.82, 2.24) is 0 Å². The molecule has 0 saturated carbocycles. The summed E-state index contributed by atoms with van der Waals surface area (Å²) in [6.45, 7) is 19.7. The minimum Gasteiger partial charge on any atom is -0.426 e. The maximum Gasteiger partial charge on any atom is 0.391 e. The molecule has 0 spiro atoms. The number of hydrogen-bond acceptors (Lipinski definition) is 3. The third-order valence-corrected chi connectivity index (χ3v) is 6.52. The van der Waals surface area contributed by atoms with Crippen LogP contribution in [0.25, 0.3) is 22.3 Å². The summed E-state index contributed by atoms with van der Waals surface area (Å²) < 4.78 is 5.64. The molecule has 3 rings (SSSR count). The second kappa shape index (κ2) is 13.7. The third kappa shape index (κ3) is 6.84. The highest BCUT2D eigenvalue weighted by molar-refractivity contribution is 7.39. The van der Waals surface area contributed by atoms with Gasteiger partial charge in [0.15, 0.2) is 0 Å². The van der Waals surface area contributed by atoms with E-state index in [0.29, 0.717) is 25.0 Å². The van der Waals surface area contributed by atoms with Gasteiger partial charge in [-0.1, -0.05) is 72.8 Å². The van der Waals surface area contributed by atoms with Gasteiger partial charge in [-0.05, 0) is 82.7 Å². The Bertz CT molecular complexity index is 1300. The van der Waals surface area contributed by atoms with Gasteiger partial charge in [-0.25, -0.2) is 0 Å². The normalized spacial score (nSPS) is 10.7. The lowest BCUT2D eigenvalue weighted by atomic mass is 9.83. The van der Waals surface area contributed by atoms with Gasteiger partial charge in [0.25, 0.3) is 0 Å². The Labute approximate surface area is 222 Å². The van der Waals surface area contributed by atoms with Crippen molar-refractivity contribution in [2.24, 2.45) is 0 Å². The average molecular weight is 511 g/mol. The standard InChI is InChI=1S/C33H35O3P/c1-6-11-24-16-19-29(27(22-24)14-9-4)32-26(13-8-3)18-21-31(36-37(34)35)33(32)30-20-17-25(12-7-2)23-28(30)15-10-5/h6-10,16-23,34-35H,1-5,11-15H2. The van der Waals surface area contributed by atoms with E-state index in [0.717, 1.165) is 57.3 Å². The van der Waals surface area contributed by atoms with Gasteiger partial charge < -0.3 is 14.3 Å². The van der Waals surface area contributed by atoms with Gasteiger partial charge >= 0.3 is 8.60 Å². The fraction of sp³-hybridized carbons (Fsp3) is 0.152. The molecule has 4 heteroatoms. The van der Waals surface area contributed by atoms with Gasteiger partial charge in [-0.15, -0.1) is 32.9 Å². The SMILES string of the molecule is C=CCc1ccc(-c2c(CC=C)ccc(OP(O)O)c2-c2ccc(CC=C)cc2CC=C)c(CC=C)c1. The molecule has 0 amide bonds. The molecule has 0 unspecified atom stereocenters. The highest BCUT2D eigenvalue weighted by Crippen LogP contribution is 2.47. The van der Waals surface area contributed by atoms with E-state index in [1.165, 1.54) is 5.56 Å². The zero-order valence-electron chi connectivity index (χ0n) is 21.3. The van der Waals surface area contributed by atoms with Crippen LogP contribution in [-0.2, 0) is 32.1 Å². The molecule has 2 N–H and O–H groups in total. The second-order valence-electron chi connectivity index (χ2n) is 8.76. The first kappa shape index (κ1) is 28.1. The molecule has 190 valence electrons. The highest BCUT2D eigenvalue weighted by atomic mass is 31.2. The van der Waals surface area contributed by atoms with Crippen LogP contribution in [0.15, 0.2) is 112 Å². The van der Waals surface area contributed by atoms with Crippen LogP contribution >= 0.6 is 8.60 Å². The van der Waals surface area contributed by atoms with Crippen molar-refractivity contribution in [2.45, 2.75) is 32.1 Å². The van der Waals surface area contributed by atoms with Crippen LogP contribution in [0.1, 0.15) is 27.8 Å². The first-order valence-corrected chi connectivity index (χ1v) is 13.4. The van der Waals surface area contributed by atoms with E-state index >= 15 is 0 Å². The maximum atomic E-state index is 9.86. The first-order chi connectivity index (χ1) is 18.0. The van der Waals surface area contributed by atoms with Gasteiger partial charge in [-0.3, -0.25) is 0 Å². The van der Waals surface area contributed by atoms with E-state index in [4.69, 9.17) is 4.52 Å². The molecule has 0 bridgehead atoms. The van der Waals surface area contributed by atoms with Crippen molar-refractivity contribution in [2.75, 3.05) is 0 Å². The number of allylic oxidation sites excluding steroid dienone is 5. The lowest BCUT2D eigenvalue weighted by Gasteiger charge is -2.23. The topological polar surface area (TPSA) is 49.7 Å². The third-order valence-electron chi connectivity index (χ3n) is 6.16. The number of rotatable bonds is 14. The van der Waals surface area contributed by atoms with Crippen molar-refractivity contribution in [3.63, 3.8) is 0 Å². The minimum absolute atomic E-state index is 0.417. The van der Waals surface area contributed by atoms with Crippen LogP contribution in [0.5, 0.6) is 5.75 Å². The Kier molecular flexibility index (Phi) is 10.4. The Morgan fingerprint density at radius 2 is 1.03 bits per heavy atom. The van der Waals surface area contributed by atoms with Crippen LogP contribution in [0.2, 0.25) is 0 Å². The average Bonchev–Trinajstić information content (AvgIpc) is 2.86. The van der Waals surface area contributed by atoms with Crippen LogP contribution in [0, 0.1) is 0 Å². The van der Waals surface area contributed by atoms with E-state index in [2.05, 4.69) is 69.3 Å². The van der Waals surface area contributed by atoms with Crippen molar-refractivity contribution in [3.8, 4) is 28.0 Å². The maximum absolute atomic E-state index is 9.86. The Balaban J connectivity index is 2.46. The monoisotopic (exact) mass is 510 g/mol. The van der Waals surface area contributed by atoms with Crippen molar-refractivity contribution >= 4 is 8.60 Å². The predicted molar refractivity (Wildman–Crippen MR) is 159 cm³/mol. The van der Waals surface area contributed by atoms with Crippen molar-refractivity contribution in [1.29, 1.82) is 0 Å². The molecule has 0 aromatic heterocycles. The quantitative estimate of drug-likeness (QED) is 0.170. The molecule has 3 aromatic carbocycles. The summed E-state index contributed by atoms with van der Waals surface area (Å²) in [6, 6.07) is 16.5. The summed E-state index contributed by atoms with van der Waals surface area (Å²) in [6.07, 6.45) is 12.9. The molecule has 0 aliphatic carbocycles. The van der Waals surface area contributed by atoms with Crippen LogP contribution in [-0.4, -0.2) is 9.79 Å². The summed E-state index contributed by atoms with van der Waals surface area (Å²) in [4.78, 5) is 19.7. The summed E-state index contributed by atoms with van der Waals surface area (Å²) in [5.74, 6) is 0.417. The molecule has 0 radical (unpaired) electrons. The fourth-order valence-corrected chi connectivity index (χ4v) is 5.04. The van der Waals surface area contributed by atoms with E-state index in [1.54, 1.807) is 0 Å². The summed E-state index contributed by atoms with van der Waals surface area (Å²) >= 11 is 0. The van der Waals surface area contributed by atoms with Crippen LogP contribution in [0.4, 0.5) is 0 Å². The van der Waals surface area contributed by atoms with Crippen LogP contribution < -0.4 is 4.52 Å². The lowest BCUT2D eigenvalue weighted by molar-refractivity contribution is 0.375. The highest BCUT2D eigenvalue weighted by Gasteiger charge is 2.23. The zero-order valence-corrected chi connectivity index (χ0v) is 22.2. The largest absolute Gasteiger partial charge is 0.426 e. The lowest BCUT2D eigenvalue weighted by Crippen LogP contribution is -2.02. The van der Waals surface area contributed by atoms with Gasteiger partial charge in [0.2, 0.25) is 0 Å². The molecule has 0 heterocycles. The number of benzene rings is 3. The molecule has 0 aliphatic rings. The van der Waals surface area contributed by atoms with Gasteiger partial charge in [0, 0.05) is 5.56 Å². The molecule has 0 aliphatic heterocycles. The Morgan fingerprint density at radius 1 is 0.568 bits per heavy atom. The molecule has 3 aromatic rings. The zero-order chi connectivity index (χ0) is 26.8. The molecule has 37 heavy (non-hydrogen) atoms. The predicted octanol–water partition coefficient (Wildman–Crippen LogP) is 8.25. The number of hydrogen-bond donors (Lipinski definition) is 2. The van der Waals surface area contributed by atoms with Gasteiger partial charge in [-0.2, -0.15) is 0 Å². The smallest absolute Gasteiger partial charge is 0.391 e. The van der Waals surface area contributed by atoms with E-state index in [-0.39, 0.29) is 0 Å². The molecule has 0 fully saturated rings. The van der Waals surface area contributed by atoms with Crippen molar-refractivity contribution in [3.05, 3.63) is 140 Å². The molecule has 3 nitrogen and oxygen atoms in total.